The van der Waals surface area contributed by atoms with Crippen molar-refractivity contribution in [3.8, 4) is 0 Å². The Kier molecular flexibility index (Phi) is 179. The first-order chi connectivity index (χ1) is 11.5. The van der Waals surface area contributed by atoms with Crippen LogP contribution in [0.1, 0.15) is 0 Å². The Hall–Kier alpha value is 5.53. The van der Waals surface area contributed by atoms with Crippen LogP contribution in [0.3, 0.4) is 0 Å². The van der Waals surface area contributed by atoms with Crippen LogP contribution in [0.4, 0.5) is 0 Å². The molecule has 0 heterocycles. The van der Waals surface area contributed by atoms with E-state index >= 15 is 0 Å². The van der Waals surface area contributed by atoms with E-state index in [0.29, 0.717) is 0 Å². The third-order valence-corrected chi connectivity index (χ3v) is 0. The molecule has 0 aromatic rings. The Morgan fingerprint density at radius 3 is 0.400 bits per heavy atom. The van der Waals surface area contributed by atoms with E-state index < -0.39 is 83.7 Å². The van der Waals surface area contributed by atoms with Gasteiger partial charge in [0, 0.05) is 45.9 Å². The molecule has 0 aliphatic heterocycles. The first kappa shape index (κ1) is 70.4. The fraction of sp³-hybridized carbons (Fsp3) is 0. The minimum absolute atomic E-state index is 0. The number of hydrogen-bond acceptors (Lipinski definition) is 17. The molecule has 0 saturated heterocycles. The summed E-state index contributed by atoms with van der Waals surface area (Å²) in [4.78, 5) is 85.2. The molecular formula is H2K4O19Si5W2. The Morgan fingerprint density at radius 1 is 0.400 bits per heavy atom. The summed E-state index contributed by atoms with van der Waals surface area (Å²) in [5, 5.41) is 0. The molecule has 0 bridgehead atoms. The zero-order valence-corrected chi connectivity index (χ0v) is 38.5. The van der Waals surface area contributed by atoms with Gasteiger partial charge in [0.2, 0.25) is 0 Å². The summed E-state index contributed by atoms with van der Waals surface area (Å²) in [5.41, 5.74) is 0. The van der Waals surface area contributed by atoms with Crippen LogP contribution in [0.5, 0.6) is 0 Å². The minimum atomic E-state index is -3.63. The summed E-state index contributed by atoms with van der Waals surface area (Å²) in [6, 6.07) is 0. The van der Waals surface area contributed by atoms with Gasteiger partial charge in [0.1, 0.15) is 0 Å². The van der Waals surface area contributed by atoms with Crippen molar-refractivity contribution in [2.24, 2.45) is 0 Å². The van der Waals surface area contributed by atoms with Crippen molar-refractivity contribution in [2.45, 2.75) is 0 Å². The average Bonchev–Trinajstić information content (AvgIpc) is 2.25. The van der Waals surface area contributed by atoms with E-state index in [0.717, 1.165) is 0 Å². The second kappa shape index (κ2) is 76.5. The molecule has 0 rings (SSSR count). The molecule has 30 heteroatoms. The van der Waals surface area contributed by atoms with Crippen molar-refractivity contribution in [2.75, 3.05) is 0 Å². The summed E-state index contributed by atoms with van der Waals surface area (Å²) in [6.45, 7) is 0. The van der Waals surface area contributed by atoms with Crippen LogP contribution in [-0.2, 0) is 66.9 Å². The zero-order valence-electron chi connectivity index (χ0n) is 15.2. The van der Waals surface area contributed by atoms with Crippen molar-refractivity contribution in [1.29, 1.82) is 0 Å². The standard InChI is InChI=1S/4K.5O3Si.2H2O.2O.2W/c;;;;5*1-4(2)3;;;;;;/h;;;;;;;;;2*1H2;;;;/q4*+1;5*-2;;;;;2*+4/p-2. The Bertz CT molecular complexity index is 297. The van der Waals surface area contributed by atoms with Crippen LogP contribution in [0.2, 0.25) is 0 Å². The summed E-state index contributed by atoms with van der Waals surface area (Å²) in [6.07, 6.45) is 0. The molecule has 0 saturated carbocycles. The molecule has 0 atom stereocenters. The van der Waals surface area contributed by atoms with Gasteiger partial charge in [-0.1, -0.05) is 0 Å². The van der Waals surface area contributed by atoms with Crippen molar-refractivity contribution in [1.82, 2.24) is 0 Å². The fourth-order valence-corrected chi connectivity index (χ4v) is 0. The summed E-state index contributed by atoms with van der Waals surface area (Å²) >= 11 is -4.00. The van der Waals surface area contributed by atoms with E-state index in [-0.39, 0.29) is 206 Å². The topological polar surface area (TPSA) is 391 Å². The Labute approximate surface area is 363 Å². The van der Waals surface area contributed by atoms with Gasteiger partial charge in [0.25, 0.3) is 0 Å². The van der Waals surface area contributed by atoms with E-state index in [9.17, 15) is 0 Å². The monoisotopic (exact) mass is 970 g/mol. The van der Waals surface area contributed by atoms with E-state index in [2.05, 4.69) is 0 Å². The molecule has 0 aromatic carbocycles. The maximum atomic E-state index is 8.65. The second-order valence-corrected chi connectivity index (χ2v) is 4.97. The molecule has 0 aliphatic carbocycles. The normalized spacial score (nSPS) is 4.60. The number of rotatable bonds is 0. The first-order valence-electron chi connectivity index (χ1n) is 3.76. The summed E-state index contributed by atoms with van der Waals surface area (Å²) < 4.78 is 74.3. The van der Waals surface area contributed by atoms with E-state index in [1.165, 1.54) is 0 Å². The van der Waals surface area contributed by atoms with Crippen molar-refractivity contribution in [3.63, 3.8) is 0 Å². The SMILES string of the molecule is O=[Si]([O-])[O-].O=[Si]([O-])[O-].O=[Si]([O-])[O-].O=[Si]([O-])[O-].O=[Si]([O-])[O-].[K+].[K+].[K+].[K+].[O]=[W+3][OH].[O]=[W+3][OH]. The van der Waals surface area contributed by atoms with E-state index in [1.54, 1.807) is 0 Å². The molecule has 0 aliphatic rings. The quantitative estimate of drug-likeness (QED) is 0.213. The molecule has 0 fully saturated rings. The van der Waals surface area contributed by atoms with Crippen LogP contribution >= 0.6 is 0 Å². The molecule has 19 nitrogen and oxygen atoms in total. The van der Waals surface area contributed by atoms with Gasteiger partial charge in [0.05, 0.1) is 0 Å². The Morgan fingerprint density at radius 2 is 0.400 bits per heavy atom. The fourth-order valence-electron chi connectivity index (χ4n) is 0. The molecule has 0 radical (unpaired) electrons. The van der Waals surface area contributed by atoms with Gasteiger partial charge in [-0.25, -0.2) is 0 Å². The first-order valence-corrected chi connectivity index (χ1v) is 14.9. The molecule has 0 amide bonds. The Balaban J connectivity index is -0.0000000153. The van der Waals surface area contributed by atoms with Gasteiger partial charge in [0.15, 0.2) is 0 Å². The molecule has 30 heavy (non-hydrogen) atoms. The van der Waals surface area contributed by atoms with Crippen LogP contribution < -0.4 is 253 Å². The van der Waals surface area contributed by atoms with Gasteiger partial charge in [-0.3, -0.25) is 0 Å². The van der Waals surface area contributed by atoms with Crippen molar-refractivity contribution < 1.29 is 328 Å². The van der Waals surface area contributed by atoms with Gasteiger partial charge < -0.3 is 70.3 Å². The summed E-state index contributed by atoms with van der Waals surface area (Å²) in [7, 11) is -18.1. The van der Waals surface area contributed by atoms with Crippen LogP contribution in [0.25, 0.3) is 0 Å². The third kappa shape index (κ3) is 1160. The molecule has 0 aromatic heterocycles. The number of hydrogen-bond donors (Lipinski definition) is 2. The van der Waals surface area contributed by atoms with Gasteiger partial charge in [-0.15, -0.1) is 0 Å². The predicted octanol–water partition coefficient (Wildman–Crippen LogP) is -27.7. The predicted molar refractivity (Wildman–Crippen MR) is 38.0 cm³/mol. The molecular weight excluding hydrogens is 968 g/mol. The molecule has 0 unspecified atom stereocenters. The second-order valence-electron chi connectivity index (χ2n) is 1.40. The van der Waals surface area contributed by atoms with Crippen molar-refractivity contribution in [3.05, 3.63) is 0 Å². The van der Waals surface area contributed by atoms with Crippen LogP contribution in [0, 0.1) is 0 Å². The van der Waals surface area contributed by atoms with Crippen LogP contribution in [-0.4, -0.2) is 53.4 Å². The molecule has 2 N–H and O–H groups in total. The van der Waals surface area contributed by atoms with E-state index in [4.69, 9.17) is 84.6 Å². The van der Waals surface area contributed by atoms with Crippen molar-refractivity contribution >= 4 is 45.9 Å². The van der Waals surface area contributed by atoms with Gasteiger partial charge in [-0.05, 0) is 0 Å². The summed E-state index contributed by atoms with van der Waals surface area (Å²) in [5.74, 6) is 0. The van der Waals surface area contributed by atoms with Gasteiger partial charge >= 0.3 is 258 Å². The maximum absolute atomic E-state index is 8.65. The van der Waals surface area contributed by atoms with Crippen LogP contribution in [0.15, 0.2) is 0 Å². The average molecular weight is 970 g/mol. The molecule has 0 spiro atoms. The van der Waals surface area contributed by atoms with Gasteiger partial charge in [-0.2, -0.15) is 0 Å². The van der Waals surface area contributed by atoms with E-state index in [1.807, 2.05) is 0 Å². The molecule has 152 valence electrons. The third-order valence-electron chi connectivity index (χ3n) is 0. The zero-order chi connectivity index (χ0) is 23.3.